The van der Waals surface area contributed by atoms with Gasteiger partial charge in [-0.1, -0.05) is 55.1 Å². The van der Waals surface area contributed by atoms with Crippen molar-refractivity contribution in [2.45, 2.75) is 37.6 Å². The Hall–Kier alpha value is -2.74. The summed E-state index contributed by atoms with van der Waals surface area (Å²) < 4.78 is 6.23. The van der Waals surface area contributed by atoms with E-state index in [0.29, 0.717) is 11.4 Å². The van der Waals surface area contributed by atoms with E-state index in [1.807, 2.05) is 54.6 Å². The first-order chi connectivity index (χ1) is 15.2. The number of likely N-dealkylation sites (tertiary alicyclic amines) is 1. The second-order valence-corrected chi connectivity index (χ2v) is 8.71. The Morgan fingerprint density at radius 1 is 1.29 bits per heavy atom. The topological polar surface area (TPSA) is 74.7 Å². The highest BCUT2D eigenvalue weighted by molar-refractivity contribution is 7.18. The van der Waals surface area contributed by atoms with Crippen molar-refractivity contribution in [3.8, 4) is 0 Å². The molecule has 2 heterocycles. The maximum absolute atomic E-state index is 12.3. The predicted octanol–water partition coefficient (Wildman–Crippen LogP) is 4.28. The van der Waals surface area contributed by atoms with Crippen LogP contribution in [0.2, 0.25) is 0 Å². The molecule has 1 amide bonds. The Morgan fingerprint density at radius 3 is 2.84 bits per heavy atom. The number of rotatable bonds is 8. The van der Waals surface area contributed by atoms with Gasteiger partial charge in [0, 0.05) is 19.0 Å². The third-order valence-electron chi connectivity index (χ3n) is 5.56. The lowest BCUT2D eigenvalue weighted by Gasteiger charge is -2.35. The van der Waals surface area contributed by atoms with E-state index in [9.17, 15) is 9.90 Å². The molecule has 3 atom stereocenters. The van der Waals surface area contributed by atoms with Gasteiger partial charge in [-0.15, -0.1) is 11.3 Å². The molecule has 31 heavy (non-hydrogen) atoms. The SMILES string of the molecule is C=CCOC(=O)N[C@H](Cc1ccccc1)N1CCCC1C(O)c1nc2ccccc2s1. The summed E-state index contributed by atoms with van der Waals surface area (Å²) in [4.78, 5) is 19.2. The number of carbonyl (C=O) groups is 1. The number of hydrogen-bond donors (Lipinski definition) is 2. The number of aromatic nitrogens is 1. The molecular weight excluding hydrogens is 410 g/mol. The molecule has 0 saturated carbocycles. The van der Waals surface area contributed by atoms with Crippen LogP contribution in [-0.4, -0.2) is 46.4 Å². The van der Waals surface area contributed by atoms with Crippen LogP contribution < -0.4 is 5.32 Å². The van der Waals surface area contributed by atoms with Crippen molar-refractivity contribution in [2.24, 2.45) is 0 Å². The molecule has 2 N–H and O–H groups in total. The number of aliphatic hydroxyl groups excluding tert-OH is 1. The van der Waals surface area contributed by atoms with Crippen LogP contribution in [0, 0.1) is 0 Å². The number of thiazole rings is 1. The molecule has 1 aliphatic heterocycles. The molecule has 1 aromatic heterocycles. The number of ether oxygens (including phenoxy) is 1. The highest BCUT2D eigenvalue weighted by Crippen LogP contribution is 2.35. The summed E-state index contributed by atoms with van der Waals surface area (Å²) in [5.41, 5.74) is 2.01. The number of fused-ring (bicyclic) bond motifs is 1. The number of aliphatic hydroxyl groups is 1. The quantitative estimate of drug-likeness (QED) is 0.515. The van der Waals surface area contributed by atoms with Crippen LogP contribution in [0.4, 0.5) is 4.79 Å². The molecule has 2 unspecified atom stereocenters. The number of benzene rings is 2. The van der Waals surface area contributed by atoms with Crippen molar-refractivity contribution in [2.75, 3.05) is 13.2 Å². The van der Waals surface area contributed by atoms with Gasteiger partial charge in [-0.2, -0.15) is 0 Å². The zero-order valence-corrected chi connectivity index (χ0v) is 18.1. The van der Waals surface area contributed by atoms with Gasteiger partial charge in [0.25, 0.3) is 0 Å². The molecular formula is C24H27N3O3S. The predicted molar refractivity (Wildman–Crippen MR) is 123 cm³/mol. The second-order valence-electron chi connectivity index (χ2n) is 7.65. The van der Waals surface area contributed by atoms with Crippen LogP contribution in [0.3, 0.4) is 0 Å². The fourth-order valence-electron chi connectivity index (χ4n) is 4.12. The maximum atomic E-state index is 12.3. The Labute approximate surface area is 186 Å². The number of amides is 1. The summed E-state index contributed by atoms with van der Waals surface area (Å²) in [5.74, 6) is 0. The summed E-state index contributed by atoms with van der Waals surface area (Å²) in [6, 6.07) is 17.8. The first-order valence-corrected chi connectivity index (χ1v) is 11.3. The highest BCUT2D eigenvalue weighted by atomic mass is 32.1. The molecule has 4 rings (SSSR count). The monoisotopic (exact) mass is 437 g/mol. The van der Waals surface area contributed by atoms with E-state index in [-0.39, 0.29) is 18.8 Å². The maximum Gasteiger partial charge on any atom is 0.408 e. The van der Waals surface area contributed by atoms with Crippen LogP contribution in [-0.2, 0) is 11.2 Å². The van der Waals surface area contributed by atoms with Gasteiger partial charge >= 0.3 is 6.09 Å². The van der Waals surface area contributed by atoms with Crippen LogP contribution >= 0.6 is 11.3 Å². The third-order valence-corrected chi connectivity index (χ3v) is 6.67. The molecule has 0 spiro atoms. The van der Waals surface area contributed by atoms with E-state index in [1.54, 1.807) is 6.08 Å². The van der Waals surface area contributed by atoms with Gasteiger partial charge in [0.1, 0.15) is 17.7 Å². The Kier molecular flexibility index (Phi) is 6.96. The summed E-state index contributed by atoms with van der Waals surface area (Å²) >= 11 is 1.52. The average molecular weight is 438 g/mol. The minimum Gasteiger partial charge on any atom is -0.445 e. The first-order valence-electron chi connectivity index (χ1n) is 10.5. The number of hydrogen-bond acceptors (Lipinski definition) is 6. The van der Waals surface area contributed by atoms with Crippen LogP contribution in [0.15, 0.2) is 67.3 Å². The largest absolute Gasteiger partial charge is 0.445 e. The van der Waals surface area contributed by atoms with Gasteiger partial charge in [0.15, 0.2) is 0 Å². The van der Waals surface area contributed by atoms with E-state index in [2.05, 4.69) is 21.8 Å². The minimum absolute atomic E-state index is 0.131. The van der Waals surface area contributed by atoms with Crippen LogP contribution in [0.5, 0.6) is 0 Å². The van der Waals surface area contributed by atoms with Gasteiger partial charge in [-0.3, -0.25) is 4.90 Å². The lowest BCUT2D eigenvalue weighted by Crippen LogP contribution is -2.52. The lowest BCUT2D eigenvalue weighted by atomic mass is 10.1. The number of para-hydroxylation sites is 1. The van der Waals surface area contributed by atoms with Crippen molar-refractivity contribution < 1.29 is 14.6 Å². The zero-order valence-electron chi connectivity index (χ0n) is 17.3. The van der Waals surface area contributed by atoms with Gasteiger partial charge in [-0.25, -0.2) is 9.78 Å². The summed E-state index contributed by atoms with van der Waals surface area (Å²) in [6.45, 7) is 4.53. The fourth-order valence-corrected chi connectivity index (χ4v) is 5.13. The molecule has 162 valence electrons. The van der Waals surface area contributed by atoms with E-state index in [1.165, 1.54) is 11.3 Å². The summed E-state index contributed by atoms with van der Waals surface area (Å²) in [7, 11) is 0. The molecule has 0 aliphatic carbocycles. The van der Waals surface area contributed by atoms with Crippen molar-refractivity contribution in [1.82, 2.24) is 15.2 Å². The Balaban J connectivity index is 1.56. The molecule has 6 nitrogen and oxygen atoms in total. The number of carbonyl (C=O) groups excluding carboxylic acids is 1. The minimum atomic E-state index is -0.718. The normalized spacial score (nSPS) is 18.5. The van der Waals surface area contributed by atoms with Gasteiger partial charge in [0.2, 0.25) is 0 Å². The Bertz CT molecular complexity index is 990. The molecule has 1 saturated heterocycles. The van der Waals surface area contributed by atoms with E-state index >= 15 is 0 Å². The smallest absolute Gasteiger partial charge is 0.408 e. The van der Waals surface area contributed by atoms with Crippen LogP contribution in [0.1, 0.15) is 29.5 Å². The molecule has 3 aromatic rings. The first kappa shape index (κ1) is 21.5. The molecule has 2 aromatic carbocycles. The number of nitrogens with zero attached hydrogens (tertiary/aromatic N) is 2. The van der Waals surface area contributed by atoms with Gasteiger partial charge in [0.05, 0.1) is 16.4 Å². The molecule has 0 bridgehead atoms. The molecule has 1 fully saturated rings. The van der Waals surface area contributed by atoms with Crippen molar-refractivity contribution in [1.29, 1.82) is 0 Å². The van der Waals surface area contributed by atoms with Gasteiger partial charge in [-0.05, 0) is 30.5 Å². The lowest BCUT2D eigenvalue weighted by molar-refractivity contribution is 0.0376. The molecule has 0 radical (unpaired) electrons. The second kappa shape index (κ2) is 10.0. The fraction of sp³-hybridized carbons (Fsp3) is 0.333. The van der Waals surface area contributed by atoms with Crippen molar-refractivity contribution in [3.63, 3.8) is 0 Å². The molecule has 7 heteroatoms. The zero-order chi connectivity index (χ0) is 21.6. The van der Waals surface area contributed by atoms with Gasteiger partial charge < -0.3 is 15.2 Å². The number of alkyl carbamates (subject to hydrolysis) is 1. The number of nitrogens with one attached hydrogen (secondary N) is 1. The third kappa shape index (κ3) is 5.12. The Morgan fingerprint density at radius 2 is 2.06 bits per heavy atom. The standard InChI is InChI=1S/C24H27N3O3S/c1-2-15-30-24(29)26-21(16-17-9-4-3-5-10-17)27-14-8-12-19(27)22(28)23-25-18-11-6-7-13-20(18)31-23/h2-7,9-11,13,19,21-22,28H,1,8,12,14-16H2,(H,26,29)/t19?,21-,22?/m0/s1. The van der Waals surface area contributed by atoms with E-state index in [4.69, 9.17) is 4.74 Å². The summed E-state index contributed by atoms with van der Waals surface area (Å²) in [5, 5.41) is 14.9. The summed E-state index contributed by atoms with van der Waals surface area (Å²) in [6.07, 6.45) is 2.45. The molecule has 1 aliphatic rings. The average Bonchev–Trinajstić information content (AvgIpc) is 3.45. The van der Waals surface area contributed by atoms with Crippen LogP contribution in [0.25, 0.3) is 10.2 Å². The van der Waals surface area contributed by atoms with Crippen molar-refractivity contribution in [3.05, 3.63) is 77.8 Å². The van der Waals surface area contributed by atoms with E-state index in [0.717, 1.165) is 35.2 Å². The van der Waals surface area contributed by atoms with Crippen molar-refractivity contribution >= 4 is 27.6 Å². The van der Waals surface area contributed by atoms with E-state index < -0.39 is 12.2 Å². The highest BCUT2D eigenvalue weighted by Gasteiger charge is 2.38.